The maximum absolute atomic E-state index is 12.2. The van der Waals surface area contributed by atoms with Gasteiger partial charge in [-0.15, -0.1) is 11.3 Å². The number of carbonyl (C=O) groups is 2. The number of nitrogens with zero attached hydrogens (tertiary/aromatic N) is 1. The van der Waals surface area contributed by atoms with Crippen LogP contribution in [-0.4, -0.2) is 41.4 Å². The summed E-state index contributed by atoms with van der Waals surface area (Å²) in [6, 6.07) is 1.65. The standard InChI is InChI=1S/C14H19NO3S/c1-9(16)11-6-13(19-8-11)14(18)15(2)7-10-4-3-5-12(10)17/h6,8,10,12,17H,3-5,7H2,1-2H3. The summed E-state index contributed by atoms with van der Waals surface area (Å²) >= 11 is 1.30. The zero-order valence-electron chi connectivity index (χ0n) is 11.3. The molecule has 2 unspecified atom stereocenters. The first-order valence-corrected chi connectivity index (χ1v) is 7.40. The van der Waals surface area contributed by atoms with Crippen LogP contribution in [-0.2, 0) is 0 Å². The van der Waals surface area contributed by atoms with Crippen molar-refractivity contribution in [2.45, 2.75) is 32.3 Å². The normalized spacial score (nSPS) is 22.5. The third kappa shape index (κ3) is 3.22. The fourth-order valence-electron chi connectivity index (χ4n) is 2.49. The van der Waals surface area contributed by atoms with Gasteiger partial charge in [0.2, 0.25) is 0 Å². The number of hydrogen-bond donors (Lipinski definition) is 1. The highest BCUT2D eigenvalue weighted by Crippen LogP contribution is 2.26. The molecule has 5 heteroatoms. The molecule has 0 aliphatic heterocycles. The predicted molar refractivity (Wildman–Crippen MR) is 74.6 cm³/mol. The summed E-state index contributed by atoms with van der Waals surface area (Å²) in [5.74, 6) is 0.0851. The zero-order chi connectivity index (χ0) is 14.0. The van der Waals surface area contributed by atoms with E-state index < -0.39 is 0 Å². The van der Waals surface area contributed by atoms with Crippen LogP contribution in [0.3, 0.4) is 0 Å². The Hall–Kier alpha value is -1.20. The average molecular weight is 281 g/mol. The molecule has 104 valence electrons. The van der Waals surface area contributed by atoms with Gasteiger partial charge in [0.1, 0.15) is 0 Å². The second-order valence-corrected chi connectivity index (χ2v) is 6.11. The molecule has 0 radical (unpaired) electrons. The molecule has 1 aromatic rings. The Labute approximate surface area is 117 Å². The highest BCUT2D eigenvalue weighted by Gasteiger charge is 2.28. The summed E-state index contributed by atoms with van der Waals surface area (Å²) in [6.07, 6.45) is 2.55. The highest BCUT2D eigenvalue weighted by atomic mass is 32.1. The maximum atomic E-state index is 12.2. The van der Waals surface area contributed by atoms with Crippen molar-refractivity contribution < 1.29 is 14.7 Å². The highest BCUT2D eigenvalue weighted by molar-refractivity contribution is 7.12. The zero-order valence-corrected chi connectivity index (χ0v) is 12.1. The Morgan fingerprint density at radius 2 is 2.21 bits per heavy atom. The lowest BCUT2D eigenvalue weighted by molar-refractivity contribution is 0.0698. The van der Waals surface area contributed by atoms with Crippen LogP contribution in [0.5, 0.6) is 0 Å². The lowest BCUT2D eigenvalue weighted by Gasteiger charge is -2.22. The summed E-state index contributed by atoms with van der Waals surface area (Å²) in [4.78, 5) is 25.7. The van der Waals surface area contributed by atoms with Gasteiger partial charge in [-0.25, -0.2) is 0 Å². The van der Waals surface area contributed by atoms with Gasteiger partial charge in [0, 0.05) is 30.5 Å². The fraction of sp³-hybridized carbons (Fsp3) is 0.571. The largest absolute Gasteiger partial charge is 0.393 e. The third-order valence-electron chi connectivity index (χ3n) is 3.69. The minimum atomic E-state index is -0.286. The smallest absolute Gasteiger partial charge is 0.263 e. The van der Waals surface area contributed by atoms with E-state index in [-0.39, 0.29) is 23.7 Å². The first-order chi connectivity index (χ1) is 8.99. The summed E-state index contributed by atoms with van der Waals surface area (Å²) in [5, 5.41) is 11.5. The van der Waals surface area contributed by atoms with Crippen LogP contribution in [0.15, 0.2) is 11.4 Å². The summed E-state index contributed by atoms with van der Waals surface area (Å²) in [6.45, 7) is 2.07. The number of aliphatic hydroxyl groups is 1. The average Bonchev–Trinajstić information content (AvgIpc) is 2.98. The minimum Gasteiger partial charge on any atom is -0.393 e. The van der Waals surface area contributed by atoms with Crippen molar-refractivity contribution in [3.05, 3.63) is 21.9 Å². The van der Waals surface area contributed by atoms with E-state index in [2.05, 4.69) is 0 Å². The van der Waals surface area contributed by atoms with Gasteiger partial charge in [0.05, 0.1) is 11.0 Å². The molecule has 1 amide bonds. The molecule has 1 N–H and O–H groups in total. The van der Waals surface area contributed by atoms with Crippen molar-refractivity contribution in [2.24, 2.45) is 5.92 Å². The summed E-state index contributed by atoms with van der Waals surface area (Å²) in [5.41, 5.74) is 0.586. The Balaban J connectivity index is 1.99. The number of rotatable bonds is 4. The molecule has 19 heavy (non-hydrogen) atoms. The molecular formula is C14H19NO3S. The Kier molecular flexibility index (Phi) is 4.37. The van der Waals surface area contributed by atoms with Gasteiger partial charge in [-0.3, -0.25) is 9.59 Å². The minimum absolute atomic E-state index is 0.0239. The number of Topliss-reactive ketones (excluding diaryl/α,β-unsaturated/α-hetero) is 1. The topological polar surface area (TPSA) is 57.6 Å². The van der Waals surface area contributed by atoms with Crippen molar-refractivity contribution in [3.8, 4) is 0 Å². The van der Waals surface area contributed by atoms with Gasteiger partial charge in [-0.1, -0.05) is 6.42 Å². The maximum Gasteiger partial charge on any atom is 0.263 e. The molecule has 1 aliphatic carbocycles. The molecule has 1 aromatic heterocycles. The SMILES string of the molecule is CC(=O)c1csc(C(=O)N(C)CC2CCCC2O)c1. The van der Waals surface area contributed by atoms with Crippen LogP contribution in [0.4, 0.5) is 0 Å². The molecule has 0 saturated heterocycles. The van der Waals surface area contributed by atoms with Crippen molar-refractivity contribution in [3.63, 3.8) is 0 Å². The monoisotopic (exact) mass is 281 g/mol. The van der Waals surface area contributed by atoms with Crippen LogP contribution in [0.25, 0.3) is 0 Å². The molecule has 1 heterocycles. The molecule has 1 saturated carbocycles. The number of amides is 1. The summed E-state index contributed by atoms with van der Waals surface area (Å²) < 4.78 is 0. The van der Waals surface area contributed by atoms with Crippen molar-refractivity contribution in [1.29, 1.82) is 0 Å². The third-order valence-corrected chi connectivity index (χ3v) is 4.61. The molecule has 0 spiro atoms. The molecule has 0 bridgehead atoms. The van der Waals surface area contributed by atoms with E-state index in [4.69, 9.17) is 0 Å². The van der Waals surface area contributed by atoms with Gasteiger partial charge in [-0.2, -0.15) is 0 Å². The Bertz CT molecular complexity index is 483. The summed E-state index contributed by atoms with van der Waals surface area (Å²) in [7, 11) is 1.75. The number of carbonyl (C=O) groups excluding carboxylic acids is 2. The van der Waals surface area contributed by atoms with Crippen molar-refractivity contribution >= 4 is 23.0 Å². The van der Waals surface area contributed by atoms with Gasteiger partial charge >= 0.3 is 0 Å². The molecule has 2 rings (SSSR count). The van der Waals surface area contributed by atoms with Crippen LogP contribution < -0.4 is 0 Å². The van der Waals surface area contributed by atoms with Crippen molar-refractivity contribution in [1.82, 2.24) is 4.90 Å². The first-order valence-electron chi connectivity index (χ1n) is 6.52. The van der Waals surface area contributed by atoms with E-state index in [1.165, 1.54) is 18.3 Å². The predicted octanol–water partition coefficient (Wildman–Crippen LogP) is 2.18. The van der Waals surface area contributed by atoms with Crippen LogP contribution in [0.1, 0.15) is 46.2 Å². The lowest BCUT2D eigenvalue weighted by atomic mass is 10.1. The van der Waals surface area contributed by atoms with Gasteiger partial charge in [0.15, 0.2) is 5.78 Å². The molecular weight excluding hydrogens is 262 g/mol. The van der Waals surface area contributed by atoms with E-state index in [0.717, 1.165) is 19.3 Å². The second kappa shape index (κ2) is 5.84. The van der Waals surface area contributed by atoms with Crippen LogP contribution in [0, 0.1) is 5.92 Å². The number of hydrogen-bond acceptors (Lipinski definition) is 4. The molecule has 4 nitrogen and oxygen atoms in total. The van der Waals surface area contributed by atoms with E-state index >= 15 is 0 Å². The van der Waals surface area contributed by atoms with E-state index in [9.17, 15) is 14.7 Å². The Morgan fingerprint density at radius 1 is 1.47 bits per heavy atom. The lowest BCUT2D eigenvalue weighted by Crippen LogP contribution is -2.34. The Morgan fingerprint density at radius 3 is 2.74 bits per heavy atom. The quantitative estimate of drug-likeness (QED) is 0.861. The molecule has 0 aromatic carbocycles. The number of aliphatic hydroxyl groups excluding tert-OH is 1. The number of thiophene rings is 1. The molecule has 1 fully saturated rings. The number of ketones is 1. The van der Waals surface area contributed by atoms with Crippen molar-refractivity contribution in [2.75, 3.05) is 13.6 Å². The first kappa shape index (κ1) is 14.2. The van der Waals surface area contributed by atoms with E-state index in [1.54, 1.807) is 23.4 Å². The van der Waals surface area contributed by atoms with Gasteiger partial charge in [-0.05, 0) is 25.8 Å². The van der Waals surface area contributed by atoms with Gasteiger partial charge in [0.25, 0.3) is 5.91 Å². The van der Waals surface area contributed by atoms with E-state index in [0.29, 0.717) is 17.0 Å². The molecule has 2 atom stereocenters. The van der Waals surface area contributed by atoms with E-state index in [1.807, 2.05) is 0 Å². The second-order valence-electron chi connectivity index (χ2n) is 5.20. The van der Waals surface area contributed by atoms with Crippen LogP contribution >= 0.6 is 11.3 Å². The molecule has 1 aliphatic rings. The van der Waals surface area contributed by atoms with Gasteiger partial charge < -0.3 is 10.0 Å². The fourth-order valence-corrected chi connectivity index (χ4v) is 3.43. The van der Waals surface area contributed by atoms with Crippen LogP contribution in [0.2, 0.25) is 0 Å².